The molecule has 1 N–H and O–H groups in total. The average Bonchev–Trinajstić information content (AvgIpc) is 2.14. The van der Waals surface area contributed by atoms with Crippen LogP contribution < -0.4 is 0 Å². The first-order valence-corrected chi connectivity index (χ1v) is 6.40. The largest absolute Gasteiger partial charge is 0.408 e. The third-order valence-electron chi connectivity index (χ3n) is 2.27. The Bertz CT molecular complexity index is 303. The quantitative estimate of drug-likeness (QED) is 0.769. The summed E-state index contributed by atoms with van der Waals surface area (Å²) < 4.78 is 5.97. The highest BCUT2D eigenvalue weighted by atomic mass is 28.2. The van der Waals surface area contributed by atoms with Crippen LogP contribution in [0.25, 0.3) is 0 Å². The number of allylic oxidation sites excluding steroid dienone is 2. The Morgan fingerprint density at radius 1 is 1.31 bits per heavy atom. The molecule has 0 saturated heterocycles. The Morgan fingerprint density at radius 3 is 2.44 bits per heavy atom. The fourth-order valence-electron chi connectivity index (χ4n) is 1.28. The zero-order valence-corrected chi connectivity index (χ0v) is 11.7. The van der Waals surface area contributed by atoms with Crippen LogP contribution in [0.4, 0.5) is 0 Å². The molecule has 1 aliphatic heterocycles. The summed E-state index contributed by atoms with van der Waals surface area (Å²) >= 11 is 0. The Labute approximate surface area is 101 Å². The van der Waals surface area contributed by atoms with Crippen LogP contribution >= 0.6 is 0 Å². The highest BCUT2D eigenvalue weighted by Crippen LogP contribution is 2.28. The smallest absolute Gasteiger partial charge is 0.236 e. The number of rotatable bonds is 3. The van der Waals surface area contributed by atoms with E-state index in [9.17, 15) is 5.21 Å². The van der Waals surface area contributed by atoms with Gasteiger partial charge in [0.2, 0.25) is 9.76 Å². The van der Waals surface area contributed by atoms with Crippen molar-refractivity contribution >= 4 is 9.76 Å². The molecule has 4 heteroatoms. The average molecular weight is 239 g/mol. The molecular weight excluding hydrogens is 218 g/mol. The topological polar surface area (TPSA) is 32.7 Å². The number of nitrogens with zero attached hydrogens (tertiary/aromatic N) is 1. The second-order valence-electron chi connectivity index (χ2n) is 5.60. The van der Waals surface area contributed by atoms with Crippen LogP contribution in [0.15, 0.2) is 23.9 Å². The van der Waals surface area contributed by atoms with Gasteiger partial charge in [0.25, 0.3) is 0 Å². The maximum Gasteiger partial charge on any atom is 0.236 e. The van der Waals surface area contributed by atoms with Gasteiger partial charge in [-0.1, -0.05) is 26.8 Å². The van der Waals surface area contributed by atoms with Crippen LogP contribution in [-0.2, 0) is 4.43 Å². The Balaban J connectivity index is 2.63. The third-order valence-corrected chi connectivity index (χ3v) is 3.50. The van der Waals surface area contributed by atoms with E-state index >= 15 is 0 Å². The second kappa shape index (κ2) is 4.73. The maximum atomic E-state index is 9.42. The van der Waals surface area contributed by atoms with E-state index < -0.39 is 0 Å². The lowest BCUT2D eigenvalue weighted by atomic mass is 9.96. The van der Waals surface area contributed by atoms with Gasteiger partial charge < -0.3 is 4.43 Å². The van der Waals surface area contributed by atoms with Gasteiger partial charge in [-0.25, -0.2) is 0 Å². The minimum Gasteiger partial charge on any atom is -0.408 e. The molecule has 0 saturated carbocycles. The molecule has 2 radical (unpaired) electrons. The molecule has 16 heavy (non-hydrogen) atoms. The van der Waals surface area contributed by atoms with Crippen LogP contribution in [0.1, 0.15) is 34.6 Å². The molecule has 0 bridgehead atoms. The maximum absolute atomic E-state index is 9.42. The molecule has 1 aliphatic rings. The van der Waals surface area contributed by atoms with E-state index in [0.717, 1.165) is 5.57 Å². The van der Waals surface area contributed by atoms with E-state index in [0.29, 0.717) is 16.3 Å². The summed E-state index contributed by atoms with van der Waals surface area (Å²) in [6, 6.07) is 0. The van der Waals surface area contributed by atoms with Crippen molar-refractivity contribution in [3.05, 3.63) is 23.9 Å². The standard InChI is InChI=1S/C12H21NO2Si/c1-11(2,3)16-15-12(4,5)10-7-6-8-13(14)9-10/h6-8,14H,9H2,1-5H3. The van der Waals surface area contributed by atoms with E-state index in [1.54, 1.807) is 6.20 Å². The van der Waals surface area contributed by atoms with Crippen molar-refractivity contribution in [2.24, 2.45) is 0 Å². The van der Waals surface area contributed by atoms with E-state index in [2.05, 4.69) is 20.8 Å². The summed E-state index contributed by atoms with van der Waals surface area (Å²) in [6.07, 6.45) is 5.50. The summed E-state index contributed by atoms with van der Waals surface area (Å²) in [7, 11) is 0.444. The summed E-state index contributed by atoms with van der Waals surface area (Å²) in [6.45, 7) is 11.1. The normalized spacial score (nSPS) is 17.6. The lowest BCUT2D eigenvalue weighted by molar-refractivity contribution is -0.0399. The molecule has 0 amide bonds. The molecule has 0 fully saturated rings. The molecule has 0 unspecified atom stereocenters. The molecule has 0 aromatic carbocycles. The molecule has 0 atom stereocenters. The van der Waals surface area contributed by atoms with Gasteiger partial charge in [-0.05, 0) is 30.5 Å². The SMILES string of the molecule is CC(C)(C)[Si]OC(C)(C)C1=CC=CN(O)C1. The van der Waals surface area contributed by atoms with Gasteiger partial charge in [0, 0.05) is 6.20 Å². The highest BCUT2D eigenvalue weighted by molar-refractivity contribution is 6.31. The van der Waals surface area contributed by atoms with Gasteiger partial charge in [-0.3, -0.25) is 10.3 Å². The molecule has 0 aromatic rings. The molecule has 0 spiro atoms. The van der Waals surface area contributed by atoms with Crippen molar-refractivity contribution in [1.29, 1.82) is 0 Å². The molecular formula is C12H21NO2Si. The minimum absolute atomic E-state index is 0.182. The second-order valence-corrected chi connectivity index (χ2v) is 7.50. The van der Waals surface area contributed by atoms with E-state index in [1.807, 2.05) is 26.0 Å². The fourth-order valence-corrected chi connectivity index (χ4v) is 1.97. The summed E-state index contributed by atoms with van der Waals surface area (Å²) in [5, 5.41) is 10.8. The zero-order chi connectivity index (χ0) is 12.4. The lowest BCUT2D eigenvalue weighted by Gasteiger charge is -2.34. The third kappa shape index (κ3) is 4.12. The monoisotopic (exact) mass is 239 g/mol. The molecule has 0 aliphatic carbocycles. The highest BCUT2D eigenvalue weighted by Gasteiger charge is 2.28. The summed E-state index contributed by atoms with van der Waals surface area (Å²) in [4.78, 5) is 0. The number of hydrogen-bond acceptors (Lipinski definition) is 3. The Hall–Kier alpha value is -0.583. The summed E-state index contributed by atoms with van der Waals surface area (Å²) in [5.41, 5.74) is 0.770. The summed E-state index contributed by atoms with van der Waals surface area (Å²) in [5.74, 6) is 0. The Morgan fingerprint density at radius 2 is 1.94 bits per heavy atom. The predicted molar refractivity (Wildman–Crippen MR) is 66.3 cm³/mol. The van der Waals surface area contributed by atoms with Gasteiger partial charge >= 0.3 is 0 Å². The van der Waals surface area contributed by atoms with E-state index in [1.165, 1.54) is 5.06 Å². The lowest BCUT2D eigenvalue weighted by Crippen LogP contribution is -2.36. The zero-order valence-electron chi connectivity index (χ0n) is 10.7. The van der Waals surface area contributed by atoms with Crippen molar-refractivity contribution in [3.63, 3.8) is 0 Å². The van der Waals surface area contributed by atoms with Crippen LogP contribution in [0.5, 0.6) is 0 Å². The van der Waals surface area contributed by atoms with E-state index in [4.69, 9.17) is 4.43 Å². The van der Waals surface area contributed by atoms with Crippen LogP contribution in [-0.4, -0.2) is 32.2 Å². The molecule has 1 heterocycles. The van der Waals surface area contributed by atoms with Crippen LogP contribution in [0, 0.1) is 0 Å². The first kappa shape index (κ1) is 13.5. The first-order chi connectivity index (χ1) is 7.21. The molecule has 90 valence electrons. The van der Waals surface area contributed by atoms with Gasteiger partial charge in [0.05, 0.1) is 12.1 Å². The molecule has 3 nitrogen and oxygen atoms in total. The minimum atomic E-state index is -0.322. The predicted octanol–water partition coefficient (Wildman–Crippen LogP) is 2.76. The van der Waals surface area contributed by atoms with Crippen LogP contribution in [0.3, 0.4) is 0 Å². The van der Waals surface area contributed by atoms with Crippen molar-refractivity contribution in [2.45, 2.75) is 45.3 Å². The Kier molecular flexibility index (Phi) is 3.99. The van der Waals surface area contributed by atoms with Crippen molar-refractivity contribution < 1.29 is 9.63 Å². The number of hydrogen-bond donors (Lipinski definition) is 1. The molecule has 1 rings (SSSR count). The van der Waals surface area contributed by atoms with Gasteiger partial charge in [0.1, 0.15) is 0 Å². The van der Waals surface area contributed by atoms with Crippen LogP contribution in [0.2, 0.25) is 5.04 Å². The number of hydroxylamine groups is 2. The van der Waals surface area contributed by atoms with Crippen molar-refractivity contribution in [3.8, 4) is 0 Å². The van der Waals surface area contributed by atoms with Crippen molar-refractivity contribution in [1.82, 2.24) is 5.06 Å². The van der Waals surface area contributed by atoms with Gasteiger partial charge in [-0.15, -0.1) is 0 Å². The first-order valence-electron chi connectivity index (χ1n) is 5.49. The van der Waals surface area contributed by atoms with Gasteiger partial charge in [-0.2, -0.15) is 0 Å². The fraction of sp³-hybridized carbons (Fsp3) is 0.667. The van der Waals surface area contributed by atoms with Crippen molar-refractivity contribution in [2.75, 3.05) is 6.54 Å². The molecule has 0 aromatic heterocycles. The van der Waals surface area contributed by atoms with Gasteiger partial charge in [0.15, 0.2) is 0 Å². The van der Waals surface area contributed by atoms with E-state index in [-0.39, 0.29) is 10.6 Å².